The van der Waals surface area contributed by atoms with Crippen molar-refractivity contribution in [2.24, 2.45) is 5.73 Å². The van der Waals surface area contributed by atoms with Gasteiger partial charge < -0.3 is 10.7 Å². The average molecular weight is 460 g/mol. The van der Waals surface area contributed by atoms with Crippen LogP contribution in [0.25, 0.3) is 33.8 Å². The molecule has 1 aromatic carbocycles. The van der Waals surface area contributed by atoms with Crippen molar-refractivity contribution in [3.05, 3.63) is 35.7 Å². The van der Waals surface area contributed by atoms with Crippen molar-refractivity contribution >= 4 is 16.8 Å². The number of benzene rings is 1. The summed E-state index contributed by atoms with van der Waals surface area (Å²) in [5, 5.41) is 19.0. The Labute approximate surface area is 197 Å². The Morgan fingerprint density at radius 1 is 1.12 bits per heavy atom. The van der Waals surface area contributed by atoms with Gasteiger partial charge in [-0.1, -0.05) is 0 Å². The minimum absolute atomic E-state index is 0.164. The number of aryl methyl sites for hydroxylation is 2. The predicted octanol–water partition coefficient (Wildman–Crippen LogP) is 2.74. The Morgan fingerprint density at radius 2 is 1.88 bits per heavy atom. The Bertz CT molecular complexity index is 1380. The topological polar surface area (TPSA) is 124 Å². The Kier molecular flexibility index (Phi) is 4.80. The van der Waals surface area contributed by atoms with E-state index in [1.165, 1.54) is 25.7 Å². The van der Waals surface area contributed by atoms with Crippen LogP contribution in [0.15, 0.2) is 24.4 Å². The van der Waals surface area contributed by atoms with Crippen molar-refractivity contribution in [3.8, 4) is 22.9 Å². The zero-order chi connectivity index (χ0) is 23.4. The zero-order valence-electron chi connectivity index (χ0n) is 19.6. The van der Waals surface area contributed by atoms with Gasteiger partial charge in [0.15, 0.2) is 11.6 Å². The molecule has 2 aliphatic rings. The lowest BCUT2D eigenvalue weighted by Gasteiger charge is -2.32. The highest BCUT2D eigenvalue weighted by Gasteiger charge is 2.44. The maximum absolute atomic E-state index is 12.2. The lowest BCUT2D eigenvalue weighted by Crippen LogP contribution is -2.42. The summed E-state index contributed by atoms with van der Waals surface area (Å²) in [5.41, 5.74) is 9.77. The van der Waals surface area contributed by atoms with Crippen molar-refractivity contribution in [1.29, 1.82) is 0 Å². The fraction of sp³-hybridized carbons (Fsp3) is 0.458. The zero-order valence-corrected chi connectivity index (χ0v) is 19.6. The third kappa shape index (κ3) is 3.24. The minimum Gasteiger partial charge on any atom is -0.366 e. The lowest BCUT2D eigenvalue weighted by molar-refractivity contribution is 0.100. The van der Waals surface area contributed by atoms with Crippen LogP contribution in [0.1, 0.15) is 48.7 Å². The predicted molar refractivity (Wildman–Crippen MR) is 128 cm³/mol. The van der Waals surface area contributed by atoms with Crippen molar-refractivity contribution < 1.29 is 4.79 Å². The van der Waals surface area contributed by atoms with E-state index in [2.05, 4.69) is 25.2 Å². The molecule has 0 atom stereocenters. The summed E-state index contributed by atoms with van der Waals surface area (Å²) in [6.07, 6.45) is 6.69. The van der Waals surface area contributed by atoms with Gasteiger partial charge in [0.1, 0.15) is 5.69 Å². The molecule has 176 valence electrons. The molecule has 0 radical (unpaired) electrons. The number of aromatic amines is 1. The summed E-state index contributed by atoms with van der Waals surface area (Å²) in [5.74, 6) is 0.733. The minimum atomic E-state index is -0.475. The van der Waals surface area contributed by atoms with Gasteiger partial charge in [-0.2, -0.15) is 10.2 Å². The van der Waals surface area contributed by atoms with Crippen LogP contribution in [0.5, 0.6) is 0 Å². The summed E-state index contributed by atoms with van der Waals surface area (Å²) >= 11 is 0. The van der Waals surface area contributed by atoms with Gasteiger partial charge in [-0.25, -0.2) is 0 Å². The van der Waals surface area contributed by atoms with E-state index >= 15 is 0 Å². The molecule has 5 heterocycles. The van der Waals surface area contributed by atoms with Crippen molar-refractivity contribution in [2.75, 3.05) is 13.1 Å². The van der Waals surface area contributed by atoms with Gasteiger partial charge in [-0.15, -0.1) is 10.2 Å². The average Bonchev–Trinajstić information content (AvgIpc) is 3.62. The molecule has 1 amide bonds. The van der Waals surface area contributed by atoms with Crippen LogP contribution in [0, 0.1) is 6.92 Å². The van der Waals surface area contributed by atoms with E-state index < -0.39 is 5.91 Å². The summed E-state index contributed by atoms with van der Waals surface area (Å²) < 4.78 is 3.93. The molecule has 3 N–H and O–H groups in total. The number of amides is 1. The molecular formula is C24H29N9O. The number of H-pyrrole nitrogens is 1. The van der Waals surface area contributed by atoms with Crippen molar-refractivity contribution in [3.63, 3.8) is 0 Å². The highest BCUT2D eigenvalue weighted by Crippen LogP contribution is 2.41. The normalized spacial score (nSPS) is 17.6. The number of fused-ring (bicyclic) bond motifs is 2. The van der Waals surface area contributed by atoms with Crippen LogP contribution in [0.4, 0.5) is 0 Å². The van der Waals surface area contributed by atoms with Crippen LogP contribution in [0.3, 0.4) is 0 Å². The molecule has 0 bridgehead atoms. The third-order valence-corrected chi connectivity index (χ3v) is 7.49. The van der Waals surface area contributed by atoms with Crippen LogP contribution < -0.4 is 5.73 Å². The van der Waals surface area contributed by atoms with Gasteiger partial charge in [0.2, 0.25) is 5.91 Å². The van der Waals surface area contributed by atoms with Crippen LogP contribution in [-0.2, 0) is 13.1 Å². The summed E-state index contributed by atoms with van der Waals surface area (Å²) in [7, 11) is 0. The number of nitrogens with two attached hydrogens (primary N) is 1. The molecule has 34 heavy (non-hydrogen) atoms. The number of nitrogens with zero attached hydrogens (tertiary/aromatic N) is 7. The third-order valence-electron chi connectivity index (χ3n) is 7.49. The van der Waals surface area contributed by atoms with E-state index in [0.29, 0.717) is 17.2 Å². The fourth-order valence-electron chi connectivity index (χ4n) is 5.88. The monoisotopic (exact) mass is 459 g/mol. The van der Waals surface area contributed by atoms with E-state index in [0.717, 1.165) is 54.0 Å². The van der Waals surface area contributed by atoms with Gasteiger partial charge >= 0.3 is 0 Å². The van der Waals surface area contributed by atoms with Gasteiger partial charge in [0.25, 0.3) is 0 Å². The van der Waals surface area contributed by atoms with Crippen LogP contribution >= 0.6 is 0 Å². The standard InChI is InChI=1S/C24H29N9O/c1-3-32-20(10-15(2)30-32)23-27-22(28-29-23)17-11-16(21(25)34)12-19-18(17)13-26-33(19)14-24-6-4-8-31(24)9-5-7-24/h10-13H,3-9,14H2,1-2H3,(H2,25,34)(H,27,28,29). The molecule has 0 aliphatic carbocycles. The molecule has 10 nitrogen and oxygen atoms in total. The largest absolute Gasteiger partial charge is 0.366 e. The van der Waals surface area contributed by atoms with Gasteiger partial charge in [-0.05, 0) is 70.8 Å². The molecular weight excluding hydrogens is 430 g/mol. The van der Waals surface area contributed by atoms with Crippen LogP contribution in [-0.4, -0.2) is 64.2 Å². The molecule has 4 aromatic rings. The highest BCUT2D eigenvalue weighted by atomic mass is 16.1. The molecule has 2 fully saturated rings. The van der Waals surface area contributed by atoms with E-state index in [1.807, 2.05) is 41.5 Å². The maximum atomic E-state index is 12.2. The summed E-state index contributed by atoms with van der Waals surface area (Å²) in [4.78, 5) is 18.2. The number of hydrogen-bond donors (Lipinski definition) is 2. The second kappa shape index (κ2) is 7.76. The fourth-order valence-corrected chi connectivity index (χ4v) is 5.88. The quantitative estimate of drug-likeness (QED) is 0.457. The Morgan fingerprint density at radius 3 is 2.62 bits per heavy atom. The smallest absolute Gasteiger partial charge is 0.248 e. The highest BCUT2D eigenvalue weighted by molar-refractivity contribution is 6.02. The van der Waals surface area contributed by atoms with E-state index in [-0.39, 0.29) is 5.54 Å². The molecule has 10 heteroatoms. The Hall–Kier alpha value is -3.53. The molecule has 2 aliphatic heterocycles. The summed E-state index contributed by atoms with van der Waals surface area (Å²) in [6, 6.07) is 5.61. The Balaban J connectivity index is 1.44. The number of nitrogens with one attached hydrogen (secondary N) is 1. The number of carbonyl (C=O) groups is 1. The molecule has 2 saturated heterocycles. The van der Waals surface area contributed by atoms with Gasteiger partial charge in [0, 0.05) is 28.6 Å². The SMILES string of the molecule is CCn1nc(C)cc1-c1nnc(-c2cc(C(N)=O)cc3c2cnn3CC23CCCN2CCC3)[nH]1. The number of rotatable bonds is 6. The second-order valence-corrected chi connectivity index (χ2v) is 9.55. The lowest BCUT2D eigenvalue weighted by atomic mass is 9.94. The molecule has 3 aromatic heterocycles. The van der Waals surface area contributed by atoms with Crippen molar-refractivity contribution in [2.45, 2.75) is 58.2 Å². The second-order valence-electron chi connectivity index (χ2n) is 9.55. The van der Waals surface area contributed by atoms with Gasteiger partial charge in [-0.3, -0.25) is 19.1 Å². The van der Waals surface area contributed by atoms with Crippen molar-refractivity contribution in [1.82, 2.24) is 39.6 Å². The first-order chi connectivity index (χ1) is 16.5. The van der Waals surface area contributed by atoms with Gasteiger partial charge in [0.05, 0.1) is 24.0 Å². The van der Waals surface area contributed by atoms with E-state index in [4.69, 9.17) is 10.8 Å². The summed E-state index contributed by atoms with van der Waals surface area (Å²) in [6.45, 7) is 7.85. The first kappa shape index (κ1) is 21.0. The number of carbonyl (C=O) groups excluding carboxylic acids is 1. The van der Waals surface area contributed by atoms with Crippen LogP contribution in [0.2, 0.25) is 0 Å². The molecule has 0 saturated carbocycles. The number of hydrogen-bond acceptors (Lipinski definition) is 6. The number of primary amides is 1. The molecule has 0 unspecified atom stereocenters. The van der Waals surface area contributed by atoms with E-state index in [1.54, 1.807) is 6.07 Å². The first-order valence-electron chi connectivity index (χ1n) is 12.0. The molecule has 6 rings (SSSR count). The number of aromatic nitrogens is 7. The molecule has 0 spiro atoms. The first-order valence-corrected chi connectivity index (χ1v) is 12.0. The maximum Gasteiger partial charge on any atom is 0.248 e. The van der Waals surface area contributed by atoms with E-state index in [9.17, 15) is 4.79 Å².